The molecular formula is C60H104NO7+. The molecule has 0 aromatic carbocycles. The van der Waals surface area contributed by atoms with Gasteiger partial charge in [-0.2, -0.15) is 0 Å². The highest BCUT2D eigenvalue weighted by Gasteiger charge is 2.31. The van der Waals surface area contributed by atoms with E-state index in [1.54, 1.807) is 0 Å². The first-order valence-corrected chi connectivity index (χ1v) is 27.6. The minimum Gasteiger partial charge on any atom is -0.477 e. The maximum Gasteiger partial charge on any atom is 0.362 e. The Hall–Kier alpha value is -3.49. The largest absolute Gasteiger partial charge is 0.477 e. The molecular weight excluding hydrogens is 847 g/mol. The van der Waals surface area contributed by atoms with Crippen molar-refractivity contribution in [3.63, 3.8) is 0 Å². The van der Waals surface area contributed by atoms with Gasteiger partial charge in [0.1, 0.15) is 6.61 Å². The fraction of sp³-hybridized carbons (Fsp3) is 0.717. The normalized spacial score (nSPS) is 13.5. The van der Waals surface area contributed by atoms with E-state index in [-0.39, 0.29) is 36.2 Å². The van der Waals surface area contributed by atoms with Crippen LogP contribution in [0, 0.1) is 0 Å². The molecule has 0 aliphatic rings. The molecule has 0 radical (unpaired) electrons. The van der Waals surface area contributed by atoms with E-state index in [0.29, 0.717) is 19.3 Å². The predicted molar refractivity (Wildman–Crippen MR) is 289 cm³/mol. The van der Waals surface area contributed by atoms with Crippen LogP contribution >= 0.6 is 0 Å². The van der Waals surface area contributed by atoms with Crippen LogP contribution < -0.4 is 0 Å². The molecule has 2 unspecified atom stereocenters. The molecule has 0 aliphatic carbocycles. The fourth-order valence-electron chi connectivity index (χ4n) is 7.80. The van der Waals surface area contributed by atoms with Gasteiger partial charge in [-0.15, -0.1) is 0 Å². The van der Waals surface area contributed by atoms with E-state index >= 15 is 0 Å². The van der Waals surface area contributed by atoms with Crippen LogP contribution in [0.2, 0.25) is 0 Å². The molecule has 8 heteroatoms. The van der Waals surface area contributed by atoms with Crippen LogP contribution in [0.1, 0.15) is 226 Å². The molecule has 0 aromatic heterocycles. The number of ether oxygens (including phenoxy) is 3. The molecule has 0 saturated heterocycles. The summed E-state index contributed by atoms with van der Waals surface area (Å²) in [5, 5.41) is 9.67. The third kappa shape index (κ3) is 47.6. The maximum atomic E-state index is 12.8. The number of allylic oxidation sites excluding steroid dienone is 14. The van der Waals surface area contributed by atoms with Crippen LogP contribution in [0.3, 0.4) is 0 Å². The zero-order chi connectivity index (χ0) is 49.9. The van der Waals surface area contributed by atoms with Crippen molar-refractivity contribution in [2.24, 2.45) is 0 Å². The Labute approximate surface area is 418 Å². The number of nitrogens with zero attached hydrogens (tertiary/aromatic N) is 1. The number of carboxylic acids is 1. The summed E-state index contributed by atoms with van der Waals surface area (Å²) < 4.78 is 17.4. The Morgan fingerprint density at radius 2 is 0.824 bits per heavy atom. The zero-order valence-corrected chi connectivity index (χ0v) is 44.5. The summed E-state index contributed by atoms with van der Waals surface area (Å²) in [7, 11) is 5.52. The van der Waals surface area contributed by atoms with E-state index in [1.165, 1.54) is 109 Å². The quantitative estimate of drug-likeness (QED) is 0.0281. The van der Waals surface area contributed by atoms with Gasteiger partial charge < -0.3 is 23.8 Å². The summed E-state index contributed by atoms with van der Waals surface area (Å²) in [6, 6.07) is -0.626. The van der Waals surface area contributed by atoms with E-state index in [0.717, 1.165) is 83.5 Å². The van der Waals surface area contributed by atoms with Gasteiger partial charge in [-0.1, -0.05) is 202 Å². The van der Waals surface area contributed by atoms with Gasteiger partial charge in [-0.25, -0.2) is 4.79 Å². The summed E-state index contributed by atoms with van der Waals surface area (Å²) in [6.45, 7) is 4.60. The molecule has 0 amide bonds. The monoisotopic (exact) mass is 951 g/mol. The van der Waals surface area contributed by atoms with Crippen LogP contribution in [-0.4, -0.2) is 80.6 Å². The predicted octanol–water partition coefficient (Wildman–Crippen LogP) is 16.4. The topological polar surface area (TPSA) is 99.1 Å². The van der Waals surface area contributed by atoms with Crippen molar-refractivity contribution in [2.75, 3.05) is 41.0 Å². The third-order valence-electron chi connectivity index (χ3n) is 12.0. The molecule has 0 heterocycles. The molecule has 0 aliphatic heterocycles. The van der Waals surface area contributed by atoms with Crippen molar-refractivity contribution >= 4 is 17.9 Å². The smallest absolute Gasteiger partial charge is 0.362 e. The number of carbonyl (C=O) groups is 3. The summed E-state index contributed by atoms with van der Waals surface area (Å²) in [5.74, 6) is -1.52. The number of hydrogen-bond acceptors (Lipinski definition) is 6. The lowest BCUT2D eigenvalue weighted by Crippen LogP contribution is -2.50. The summed E-state index contributed by atoms with van der Waals surface area (Å²) in [4.78, 5) is 37.2. The number of aliphatic carboxylic acids is 1. The van der Waals surface area contributed by atoms with E-state index in [2.05, 4.69) is 98.9 Å². The first-order valence-electron chi connectivity index (χ1n) is 27.6. The van der Waals surface area contributed by atoms with Gasteiger partial charge in [-0.3, -0.25) is 9.59 Å². The summed E-state index contributed by atoms with van der Waals surface area (Å²) in [5.41, 5.74) is 0. The van der Waals surface area contributed by atoms with Crippen LogP contribution in [0.25, 0.3) is 0 Å². The molecule has 2 atom stereocenters. The third-order valence-corrected chi connectivity index (χ3v) is 12.0. The van der Waals surface area contributed by atoms with Gasteiger partial charge in [0, 0.05) is 19.3 Å². The molecule has 68 heavy (non-hydrogen) atoms. The number of carboxylic acid groups (broad SMARTS) is 1. The second-order valence-electron chi connectivity index (χ2n) is 19.5. The number of carbonyl (C=O) groups excluding carboxylic acids is 2. The number of likely N-dealkylation sites (N-methyl/N-ethyl adjacent to an activating group) is 1. The minimum absolute atomic E-state index is 0.0446. The lowest BCUT2D eigenvalue weighted by atomic mass is 10.0. The van der Waals surface area contributed by atoms with Gasteiger partial charge in [0.15, 0.2) is 12.1 Å². The highest BCUT2D eigenvalue weighted by molar-refractivity contribution is 5.72. The first-order chi connectivity index (χ1) is 33.1. The van der Waals surface area contributed by atoms with Crippen molar-refractivity contribution in [1.82, 2.24) is 0 Å². The van der Waals surface area contributed by atoms with E-state index in [1.807, 2.05) is 21.1 Å². The van der Waals surface area contributed by atoms with Gasteiger partial charge in [-0.05, 0) is 89.9 Å². The molecule has 0 bridgehead atoms. The van der Waals surface area contributed by atoms with Crippen LogP contribution in [0.15, 0.2) is 85.1 Å². The maximum absolute atomic E-state index is 12.8. The molecule has 390 valence electrons. The highest BCUT2D eigenvalue weighted by atomic mass is 16.6. The van der Waals surface area contributed by atoms with Crippen molar-refractivity contribution in [3.8, 4) is 0 Å². The first kappa shape index (κ1) is 64.5. The van der Waals surface area contributed by atoms with Crippen LogP contribution in [-0.2, 0) is 28.6 Å². The van der Waals surface area contributed by atoms with E-state index < -0.39 is 18.1 Å². The Morgan fingerprint density at radius 1 is 0.456 bits per heavy atom. The Balaban J connectivity index is 4.29. The molecule has 0 rings (SSSR count). The summed E-state index contributed by atoms with van der Waals surface area (Å²) in [6.07, 6.45) is 66.4. The Bertz CT molecular complexity index is 1380. The van der Waals surface area contributed by atoms with Gasteiger partial charge in [0.2, 0.25) is 0 Å². The molecule has 1 N–H and O–H groups in total. The Morgan fingerprint density at radius 3 is 1.25 bits per heavy atom. The van der Waals surface area contributed by atoms with Crippen LogP contribution in [0.4, 0.5) is 0 Å². The lowest BCUT2D eigenvalue weighted by molar-refractivity contribution is -0.887. The molecule has 8 nitrogen and oxygen atoms in total. The minimum atomic E-state index is -0.882. The number of rotatable bonds is 49. The Kier molecular flexibility index (Phi) is 47.4. The number of esters is 2. The number of unbranched alkanes of at least 4 members (excludes halogenated alkanes) is 21. The molecule has 0 aromatic rings. The van der Waals surface area contributed by atoms with Gasteiger partial charge >= 0.3 is 17.9 Å². The highest BCUT2D eigenvalue weighted by Crippen LogP contribution is 2.15. The number of quaternary nitrogens is 1. The standard InChI is InChI=1S/C60H103NO7/c1-6-8-10-12-14-16-18-20-22-24-26-28-30-32-34-36-38-40-42-44-46-48-50-58(62)67-55-56(54-66-53-52-57(60(64)65)61(3,4)5)68-59(63)51-49-47-45-43-41-39-37-35-33-31-29-27-25-23-21-19-17-15-13-11-9-7-2/h8,10,14,16,20,22,26,28,31-34,38,40,56-57H,6-7,9,11-13,15,17-19,21,23-25,27,29-30,35-37,39,41-55H2,1-5H3/p+1/b10-8+,16-14+,22-20+,28-26+,33-31+,34-32+,40-38+. The van der Waals surface area contributed by atoms with Gasteiger partial charge in [0.25, 0.3) is 0 Å². The zero-order valence-electron chi connectivity index (χ0n) is 44.5. The molecule has 0 fully saturated rings. The van der Waals surface area contributed by atoms with E-state index in [9.17, 15) is 19.5 Å². The second kappa shape index (κ2) is 49.9. The van der Waals surface area contributed by atoms with E-state index in [4.69, 9.17) is 14.2 Å². The molecule has 0 saturated carbocycles. The van der Waals surface area contributed by atoms with Crippen molar-refractivity contribution < 1.29 is 38.2 Å². The fourth-order valence-corrected chi connectivity index (χ4v) is 7.80. The number of hydrogen-bond donors (Lipinski definition) is 1. The van der Waals surface area contributed by atoms with Crippen molar-refractivity contribution in [1.29, 1.82) is 0 Å². The van der Waals surface area contributed by atoms with Crippen molar-refractivity contribution in [2.45, 2.75) is 238 Å². The average Bonchev–Trinajstić information content (AvgIpc) is 3.30. The molecule has 0 spiro atoms. The van der Waals surface area contributed by atoms with Crippen LogP contribution in [0.5, 0.6) is 0 Å². The lowest BCUT2D eigenvalue weighted by Gasteiger charge is -2.31. The average molecular weight is 951 g/mol. The second-order valence-corrected chi connectivity index (χ2v) is 19.5. The van der Waals surface area contributed by atoms with Crippen molar-refractivity contribution in [3.05, 3.63) is 85.1 Å². The SMILES string of the molecule is CC/C=C/C/C=C/C/C=C/C/C=C/C/C=C/C/C=C/CCCCCC(=O)OCC(COCCC(C(=O)O)[N+](C)(C)C)OC(=O)CCCCCCCCC/C=C/CCCCCCCCCCCCC. The summed E-state index contributed by atoms with van der Waals surface area (Å²) >= 11 is 0. The van der Waals surface area contributed by atoms with Gasteiger partial charge in [0.05, 0.1) is 34.4 Å².